The quantitative estimate of drug-likeness (QED) is 0.780. The number of aliphatic imine (C=N–C) groups is 1. The highest BCUT2D eigenvalue weighted by atomic mass is 35.5. The monoisotopic (exact) mass is 412 g/mol. The van der Waals surface area contributed by atoms with Crippen molar-refractivity contribution < 1.29 is 9.18 Å². The maximum Gasteiger partial charge on any atom is 0.275 e. The molecule has 0 aliphatic carbocycles. The number of nitrogens with zero attached hydrogens (tertiary/aromatic N) is 2. The summed E-state index contributed by atoms with van der Waals surface area (Å²) in [5.74, 6) is -0.181. The summed E-state index contributed by atoms with van der Waals surface area (Å²) in [7, 11) is 0. The lowest BCUT2D eigenvalue weighted by molar-refractivity contribution is 0.102. The van der Waals surface area contributed by atoms with Crippen molar-refractivity contribution in [2.45, 2.75) is 18.9 Å². The number of anilines is 1. The summed E-state index contributed by atoms with van der Waals surface area (Å²) in [6, 6.07) is 5.75. The third kappa shape index (κ3) is 3.95. The lowest BCUT2D eigenvalue weighted by atomic mass is 9.89. The van der Waals surface area contributed by atoms with Crippen LogP contribution < -0.4 is 11.1 Å². The number of carbonyl (C=O) groups is 1. The Hall–Kier alpha value is -1.83. The van der Waals surface area contributed by atoms with E-state index in [-0.39, 0.29) is 10.7 Å². The average Bonchev–Trinajstić information content (AvgIpc) is 2.56. The van der Waals surface area contributed by atoms with Crippen LogP contribution in [0.15, 0.2) is 35.5 Å². The number of nitrogens with one attached hydrogen (secondary N) is 1. The van der Waals surface area contributed by atoms with E-state index in [4.69, 9.17) is 28.9 Å². The number of pyridine rings is 1. The first kappa shape index (κ1) is 18.9. The van der Waals surface area contributed by atoms with Crippen molar-refractivity contribution in [3.63, 3.8) is 0 Å². The Morgan fingerprint density at radius 3 is 2.85 bits per heavy atom. The summed E-state index contributed by atoms with van der Waals surface area (Å²) < 4.78 is 14.4. The minimum Gasteiger partial charge on any atom is -0.379 e. The van der Waals surface area contributed by atoms with Gasteiger partial charge in [0.25, 0.3) is 5.91 Å². The molecule has 26 heavy (non-hydrogen) atoms. The van der Waals surface area contributed by atoms with Crippen LogP contribution in [0.1, 0.15) is 29.4 Å². The van der Waals surface area contributed by atoms with Crippen LogP contribution in [0, 0.1) is 5.82 Å². The highest BCUT2D eigenvalue weighted by Gasteiger charge is 2.32. The van der Waals surface area contributed by atoms with Crippen molar-refractivity contribution in [3.05, 3.63) is 57.6 Å². The molecule has 0 saturated heterocycles. The van der Waals surface area contributed by atoms with Crippen molar-refractivity contribution in [2.75, 3.05) is 11.1 Å². The van der Waals surface area contributed by atoms with Gasteiger partial charge in [-0.2, -0.15) is 0 Å². The minimum absolute atomic E-state index is 0.0319. The third-order valence-electron chi connectivity index (χ3n) is 4.02. The standard InChI is InChI=1S/C17H15Cl2FN4OS/c1-17(4-5-26-16(21)24-17)11-7-10(2-3-13(11)20)23-15(25)14-12(19)6-9(18)8-22-14/h2-3,6-8H,4-5H2,1H3,(H2,21,24)(H,23,25)/t17-/m0/s1. The van der Waals surface area contributed by atoms with Crippen LogP contribution in [0.4, 0.5) is 10.1 Å². The van der Waals surface area contributed by atoms with Gasteiger partial charge in [-0.15, -0.1) is 0 Å². The second-order valence-corrected chi connectivity index (χ2v) is 7.91. The Kier molecular flexibility index (Phi) is 5.41. The SMILES string of the molecule is C[C@@]1(c2cc(NC(=O)c3ncc(Cl)cc3Cl)ccc2F)CCSC(N)=N1. The molecule has 1 aromatic carbocycles. The maximum absolute atomic E-state index is 14.4. The molecule has 0 spiro atoms. The van der Waals surface area contributed by atoms with Gasteiger partial charge in [0.2, 0.25) is 0 Å². The predicted octanol–water partition coefficient (Wildman–Crippen LogP) is 4.45. The number of benzene rings is 1. The molecule has 1 amide bonds. The van der Waals surface area contributed by atoms with Gasteiger partial charge in [-0.1, -0.05) is 35.0 Å². The fourth-order valence-electron chi connectivity index (χ4n) is 2.67. The number of aromatic nitrogens is 1. The normalized spacial score (nSPS) is 19.8. The van der Waals surface area contributed by atoms with Gasteiger partial charge in [0.15, 0.2) is 5.17 Å². The van der Waals surface area contributed by atoms with Gasteiger partial charge in [-0.05, 0) is 37.6 Å². The Labute approximate surface area is 164 Å². The number of amidine groups is 1. The zero-order valence-electron chi connectivity index (χ0n) is 13.7. The molecule has 1 aliphatic heterocycles. The van der Waals surface area contributed by atoms with Gasteiger partial charge >= 0.3 is 0 Å². The van der Waals surface area contributed by atoms with E-state index in [2.05, 4.69) is 15.3 Å². The Balaban J connectivity index is 1.90. The van der Waals surface area contributed by atoms with E-state index in [1.165, 1.54) is 36.2 Å². The molecule has 0 unspecified atom stereocenters. The van der Waals surface area contributed by atoms with E-state index in [0.29, 0.717) is 27.9 Å². The van der Waals surface area contributed by atoms with E-state index in [1.807, 2.05) is 6.92 Å². The molecule has 2 heterocycles. The van der Waals surface area contributed by atoms with Crippen LogP contribution in [-0.2, 0) is 5.54 Å². The van der Waals surface area contributed by atoms with Gasteiger partial charge < -0.3 is 11.1 Å². The van der Waals surface area contributed by atoms with Gasteiger partial charge in [0, 0.05) is 23.2 Å². The molecular formula is C17H15Cl2FN4OS. The number of amides is 1. The van der Waals surface area contributed by atoms with Crippen molar-refractivity contribution in [2.24, 2.45) is 10.7 Å². The fraction of sp³-hybridized carbons (Fsp3) is 0.235. The highest BCUT2D eigenvalue weighted by Crippen LogP contribution is 2.37. The number of hydrogen-bond donors (Lipinski definition) is 2. The molecule has 2 aromatic rings. The van der Waals surface area contributed by atoms with Crippen LogP contribution in [0.3, 0.4) is 0 Å². The molecule has 0 saturated carbocycles. The number of halogens is 3. The minimum atomic E-state index is -0.781. The number of hydrogen-bond acceptors (Lipinski definition) is 5. The smallest absolute Gasteiger partial charge is 0.275 e. The molecule has 5 nitrogen and oxygen atoms in total. The first-order valence-corrected chi connectivity index (χ1v) is 9.43. The van der Waals surface area contributed by atoms with E-state index in [1.54, 1.807) is 6.07 Å². The Morgan fingerprint density at radius 1 is 1.38 bits per heavy atom. The molecule has 3 rings (SSSR count). The zero-order chi connectivity index (χ0) is 18.9. The van der Waals surface area contributed by atoms with Crippen molar-refractivity contribution >= 4 is 51.7 Å². The first-order valence-electron chi connectivity index (χ1n) is 7.69. The molecule has 0 radical (unpaired) electrons. The second-order valence-electron chi connectivity index (χ2n) is 5.96. The summed E-state index contributed by atoms with van der Waals surface area (Å²) >= 11 is 13.2. The molecule has 136 valence electrons. The third-order valence-corrected chi connectivity index (χ3v) is 5.31. The van der Waals surface area contributed by atoms with Crippen LogP contribution >= 0.6 is 35.0 Å². The summed E-state index contributed by atoms with van der Waals surface area (Å²) in [4.78, 5) is 20.7. The van der Waals surface area contributed by atoms with E-state index >= 15 is 0 Å². The van der Waals surface area contributed by atoms with Crippen LogP contribution in [0.25, 0.3) is 0 Å². The molecule has 1 aliphatic rings. The van der Waals surface area contributed by atoms with Crippen LogP contribution in [-0.4, -0.2) is 21.8 Å². The molecule has 1 atom stereocenters. The van der Waals surface area contributed by atoms with E-state index in [9.17, 15) is 9.18 Å². The molecule has 0 bridgehead atoms. The molecule has 3 N–H and O–H groups in total. The molecule has 1 aromatic heterocycles. The highest BCUT2D eigenvalue weighted by molar-refractivity contribution is 8.13. The number of nitrogens with two attached hydrogens (primary N) is 1. The lowest BCUT2D eigenvalue weighted by Gasteiger charge is -2.30. The number of rotatable bonds is 3. The Bertz CT molecular complexity index is 908. The van der Waals surface area contributed by atoms with Crippen molar-refractivity contribution in [3.8, 4) is 0 Å². The van der Waals surface area contributed by atoms with Gasteiger partial charge in [0.1, 0.15) is 11.5 Å². The van der Waals surface area contributed by atoms with Crippen LogP contribution in [0.5, 0.6) is 0 Å². The molecule has 0 fully saturated rings. The van der Waals surface area contributed by atoms with E-state index < -0.39 is 17.3 Å². The van der Waals surface area contributed by atoms with Crippen molar-refractivity contribution in [1.29, 1.82) is 0 Å². The van der Waals surface area contributed by atoms with Gasteiger partial charge in [-0.25, -0.2) is 9.37 Å². The largest absolute Gasteiger partial charge is 0.379 e. The number of thioether (sulfide) groups is 1. The van der Waals surface area contributed by atoms with E-state index in [0.717, 1.165) is 5.75 Å². The maximum atomic E-state index is 14.4. The Morgan fingerprint density at radius 2 is 2.15 bits per heavy atom. The topological polar surface area (TPSA) is 80.4 Å². The average molecular weight is 413 g/mol. The predicted molar refractivity (Wildman–Crippen MR) is 105 cm³/mol. The summed E-state index contributed by atoms with van der Waals surface area (Å²) in [6.45, 7) is 1.82. The number of carbonyl (C=O) groups excluding carboxylic acids is 1. The van der Waals surface area contributed by atoms with Gasteiger partial charge in [-0.3, -0.25) is 9.79 Å². The fourth-order valence-corrected chi connectivity index (χ4v) is 4.11. The zero-order valence-corrected chi connectivity index (χ0v) is 16.1. The molecular weight excluding hydrogens is 398 g/mol. The second kappa shape index (κ2) is 7.42. The summed E-state index contributed by atoms with van der Waals surface area (Å²) in [5, 5.41) is 3.55. The first-order chi connectivity index (χ1) is 12.3. The molecule has 9 heteroatoms. The summed E-state index contributed by atoms with van der Waals surface area (Å²) in [6.07, 6.45) is 1.97. The summed E-state index contributed by atoms with van der Waals surface area (Å²) in [5.41, 5.74) is 5.84. The van der Waals surface area contributed by atoms with Gasteiger partial charge in [0.05, 0.1) is 15.6 Å². The van der Waals surface area contributed by atoms with Crippen LogP contribution in [0.2, 0.25) is 10.0 Å². The lowest BCUT2D eigenvalue weighted by Crippen LogP contribution is -2.29. The van der Waals surface area contributed by atoms with Crippen molar-refractivity contribution in [1.82, 2.24) is 4.98 Å².